The van der Waals surface area contributed by atoms with E-state index in [2.05, 4.69) is 15.0 Å². The number of hydrogen-bond donors (Lipinski definition) is 3. The van der Waals surface area contributed by atoms with Crippen molar-refractivity contribution in [2.45, 2.75) is 25.7 Å². The van der Waals surface area contributed by atoms with Crippen LogP contribution in [0.5, 0.6) is 0 Å². The van der Waals surface area contributed by atoms with E-state index in [1.165, 1.54) is 11.6 Å². The second kappa shape index (κ2) is 7.51. The lowest BCUT2D eigenvalue weighted by molar-refractivity contribution is -0.118. The Hall–Kier alpha value is -3.07. The number of nitrogens with zero attached hydrogens (tertiary/aromatic N) is 3. The van der Waals surface area contributed by atoms with Crippen LogP contribution in [0.2, 0.25) is 0 Å². The third kappa shape index (κ3) is 3.29. The second-order valence-electron chi connectivity index (χ2n) is 6.69. The van der Waals surface area contributed by atoms with Gasteiger partial charge in [0.2, 0.25) is 5.91 Å². The van der Waals surface area contributed by atoms with Gasteiger partial charge in [0.05, 0.1) is 0 Å². The Morgan fingerprint density at radius 1 is 1.29 bits per heavy atom. The fourth-order valence-corrected chi connectivity index (χ4v) is 3.54. The van der Waals surface area contributed by atoms with Crippen LogP contribution in [0.1, 0.15) is 24.2 Å². The van der Waals surface area contributed by atoms with Gasteiger partial charge in [0.25, 0.3) is 5.56 Å². The van der Waals surface area contributed by atoms with E-state index in [1.807, 2.05) is 18.2 Å². The first-order chi connectivity index (χ1) is 13.0. The molecule has 28 heavy (non-hydrogen) atoms. The monoisotopic (exact) mass is 404 g/mol. The second-order valence-corrected chi connectivity index (χ2v) is 6.69. The Morgan fingerprint density at radius 3 is 2.86 bits per heavy atom. The van der Waals surface area contributed by atoms with Crippen LogP contribution in [0.3, 0.4) is 0 Å². The molecule has 4 rings (SSSR count). The standard InChI is InChI=1S/C18H20N6O3.ClH/c1-23-16-15(17(26)22-18(23)27)20-13(21-16)7-8-14(25)24-9-3-4-10-11(19)5-2-6-12(10)24;/h2,5-6H,3-4,7-9,19H2,1H3,(H,20,21)(H,22,26,27);1H. The molecule has 3 aromatic rings. The minimum atomic E-state index is -0.524. The van der Waals surface area contributed by atoms with Gasteiger partial charge < -0.3 is 15.6 Å². The Balaban J connectivity index is 0.00000225. The number of imidazole rings is 1. The summed E-state index contributed by atoms with van der Waals surface area (Å²) in [7, 11) is 1.53. The van der Waals surface area contributed by atoms with E-state index in [-0.39, 0.29) is 35.9 Å². The molecule has 1 amide bonds. The number of halogens is 1. The van der Waals surface area contributed by atoms with Crippen molar-refractivity contribution < 1.29 is 4.79 Å². The fourth-order valence-electron chi connectivity index (χ4n) is 3.54. The van der Waals surface area contributed by atoms with Gasteiger partial charge in [-0.1, -0.05) is 6.07 Å². The van der Waals surface area contributed by atoms with E-state index in [1.54, 1.807) is 4.90 Å². The molecule has 10 heteroatoms. The third-order valence-corrected chi connectivity index (χ3v) is 4.97. The number of H-pyrrole nitrogens is 2. The van der Waals surface area contributed by atoms with Gasteiger partial charge in [-0.05, 0) is 30.5 Å². The third-order valence-electron chi connectivity index (χ3n) is 4.97. The van der Waals surface area contributed by atoms with E-state index in [9.17, 15) is 14.4 Å². The molecule has 4 N–H and O–H groups in total. The Kier molecular flexibility index (Phi) is 5.28. The minimum Gasteiger partial charge on any atom is -0.398 e. The summed E-state index contributed by atoms with van der Waals surface area (Å²) in [4.78, 5) is 47.5. The maximum Gasteiger partial charge on any atom is 0.329 e. The number of nitrogens with one attached hydrogen (secondary N) is 2. The fraction of sp³-hybridized carbons (Fsp3) is 0.333. The van der Waals surface area contributed by atoms with E-state index in [0.717, 1.165) is 24.1 Å². The average Bonchev–Trinajstić information content (AvgIpc) is 3.09. The largest absolute Gasteiger partial charge is 0.398 e. The van der Waals surface area contributed by atoms with Crippen molar-refractivity contribution in [3.63, 3.8) is 0 Å². The molecule has 1 aliphatic heterocycles. The highest BCUT2D eigenvalue weighted by Gasteiger charge is 2.23. The first kappa shape index (κ1) is 19.7. The van der Waals surface area contributed by atoms with Crippen LogP contribution in [0.15, 0.2) is 27.8 Å². The summed E-state index contributed by atoms with van der Waals surface area (Å²) in [6.07, 6.45) is 2.32. The maximum absolute atomic E-state index is 12.8. The summed E-state index contributed by atoms with van der Waals surface area (Å²) in [5.41, 5.74) is 8.11. The van der Waals surface area contributed by atoms with Crippen LogP contribution >= 0.6 is 12.4 Å². The molecule has 1 aliphatic rings. The van der Waals surface area contributed by atoms with Crippen molar-refractivity contribution in [1.82, 2.24) is 19.5 Å². The zero-order chi connectivity index (χ0) is 19.1. The number of fused-ring (bicyclic) bond motifs is 2. The van der Waals surface area contributed by atoms with Gasteiger partial charge in [0.1, 0.15) is 11.3 Å². The number of benzene rings is 1. The molecule has 148 valence electrons. The van der Waals surface area contributed by atoms with Gasteiger partial charge in [-0.25, -0.2) is 9.78 Å². The summed E-state index contributed by atoms with van der Waals surface area (Å²) in [6.45, 7) is 0.656. The van der Waals surface area contributed by atoms with Crippen LogP contribution in [-0.2, 0) is 24.7 Å². The molecular weight excluding hydrogens is 384 g/mol. The van der Waals surface area contributed by atoms with E-state index in [4.69, 9.17) is 5.73 Å². The number of nitrogens with two attached hydrogens (primary N) is 1. The zero-order valence-electron chi connectivity index (χ0n) is 15.3. The predicted molar refractivity (Wildman–Crippen MR) is 109 cm³/mol. The number of hydrogen-bond acceptors (Lipinski definition) is 5. The number of carbonyl (C=O) groups is 1. The molecule has 0 aliphatic carbocycles. The number of carbonyl (C=O) groups excluding carboxylic acids is 1. The quantitative estimate of drug-likeness (QED) is 0.557. The number of aromatic amines is 2. The summed E-state index contributed by atoms with van der Waals surface area (Å²) in [6, 6.07) is 5.62. The average molecular weight is 405 g/mol. The van der Waals surface area contributed by atoms with Crippen LogP contribution < -0.4 is 21.9 Å². The Morgan fingerprint density at radius 2 is 2.07 bits per heavy atom. The molecule has 0 radical (unpaired) electrons. The van der Waals surface area contributed by atoms with Gasteiger partial charge in [-0.3, -0.25) is 19.1 Å². The van der Waals surface area contributed by atoms with Crippen molar-refractivity contribution in [3.8, 4) is 0 Å². The normalized spacial score (nSPS) is 13.2. The van der Waals surface area contributed by atoms with E-state index >= 15 is 0 Å². The minimum absolute atomic E-state index is 0. The number of aromatic nitrogens is 4. The number of nitrogen functional groups attached to an aromatic ring is 1. The highest BCUT2D eigenvalue weighted by atomic mass is 35.5. The molecule has 0 bridgehead atoms. The van der Waals surface area contributed by atoms with Gasteiger partial charge in [0, 0.05) is 37.8 Å². The molecule has 3 heterocycles. The lowest BCUT2D eigenvalue weighted by atomic mass is 9.99. The van der Waals surface area contributed by atoms with Crippen LogP contribution in [0, 0.1) is 0 Å². The van der Waals surface area contributed by atoms with E-state index < -0.39 is 11.2 Å². The zero-order valence-corrected chi connectivity index (χ0v) is 16.1. The number of anilines is 2. The summed E-state index contributed by atoms with van der Waals surface area (Å²) < 4.78 is 1.27. The van der Waals surface area contributed by atoms with Gasteiger partial charge in [-0.2, -0.15) is 0 Å². The molecule has 0 atom stereocenters. The lowest BCUT2D eigenvalue weighted by Crippen LogP contribution is -2.35. The SMILES string of the molecule is Cl.Cn1c(=O)[nH]c(=O)c2[nH]c(CCC(=O)N3CCCc4c(N)cccc43)nc21. The summed E-state index contributed by atoms with van der Waals surface area (Å²) in [5.74, 6) is 0.472. The Bertz CT molecular complexity index is 1160. The molecule has 1 aromatic carbocycles. The van der Waals surface area contributed by atoms with Gasteiger partial charge in [0.15, 0.2) is 5.65 Å². The highest BCUT2D eigenvalue weighted by molar-refractivity contribution is 5.95. The van der Waals surface area contributed by atoms with Crippen molar-refractivity contribution in [3.05, 3.63) is 50.4 Å². The first-order valence-electron chi connectivity index (χ1n) is 8.81. The lowest BCUT2D eigenvalue weighted by Gasteiger charge is -2.30. The smallest absolute Gasteiger partial charge is 0.329 e. The molecule has 0 fully saturated rings. The highest BCUT2D eigenvalue weighted by Crippen LogP contribution is 2.31. The van der Waals surface area contributed by atoms with Crippen molar-refractivity contribution in [2.75, 3.05) is 17.2 Å². The van der Waals surface area contributed by atoms with Crippen LogP contribution in [0.4, 0.5) is 11.4 Å². The van der Waals surface area contributed by atoms with Crippen molar-refractivity contribution in [2.24, 2.45) is 7.05 Å². The van der Waals surface area contributed by atoms with E-state index in [0.29, 0.717) is 24.5 Å². The molecule has 0 saturated carbocycles. The van der Waals surface area contributed by atoms with Crippen molar-refractivity contribution in [1.29, 1.82) is 0 Å². The van der Waals surface area contributed by atoms with Crippen molar-refractivity contribution >= 4 is 40.9 Å². The summed E-state index contributed by atoms with van der Waals surface area (Å²) >= 11 is 0. The van der Waals surface area contributed by atoms with Gasteiger partial charge in [-0.15, -0.1) is 12.4 Å². The predicted octanol–water partition coefficient (Wildman–Crippen LogP) is 0.866. The number of rotatable bonds is 3. The number of amides is 1. The number of aryl methyl sites for hydroxylation is 2. The molecule has 0 unspecified atom stereocenters. The maximum atomic E-state index is 12.8. The molecular formula is C18H21ClN6O3. The molecule has 0 saturated heterocycles. The van der Waals surface area contributed by atoms with Gasteiger partial charge >= 0.3 is 5.69 Å². The van der Waals surface area contributed by atoms with Crippen LogP contribution in [0.25, 0.3) is 11.2 Å². The topological polar surface area (TPSA) is 130 Å². The summed E-state index contributed by atoms with van der Waals surface area (Å²) in [5, 5.41) is 0. The molecule has 0 spiro atoms. The molecule has 9 nitrogen and oxygen atoms in total. The van der Waals surface area contributed by atoms with Crippen LogP contribution in [-0.4, -0.2) is 32.0 Å². The first-order valence-corrected chi connectivity index (χ1v) is 8.81. The molecule has 2 aromatic heterocycles. The Labute approximate surface area is 166 Å².